The van der Waals surface area contributed by atoms with Crippen LogP contribution < -0.4 is 5.32 Å². The van der Waals surface area contributed by atoms with Gasteiger partial charge in [-0.25, -0.2) is 8.42 Å². The minimum atomic E-state index is -3.32. The van der Waals surface area contributed by atoms with Crippen LogP contribution in [0.2, 0.25) is 0 Å². The average molecular weight is 313 g/mol. The van der Waals surface area contributed by atoms with Crippen molar-refractivity contribution >= 4 is 15.7 Å². The molecule has 1 unspecified atom stereocenters. The van der Waals surface area contributed by atoms with Gasteiger partial charge in [-0.3, -0.25) is 4.79 Å². The number of aliphatic hydroxyl groups excluding tert-OH is 1. The number of aliphatic hydroxyl groups is 1. The molecule has 0 aliphatic heterocycles. The predicted octanol–water partition coefficient (Wildman–Crippen LogP) is 1.62. The number of carbonyl (C=O) groups excluding carboxylic acids is 1. The SMILES string of the molecule is CCCC(CCO)CNC(=O)c1cccc(S(C)(=O)=O)c1. The molecule has 0 saturated carbocycles. The topological polar surface area (TPSA) is 83.5 Å². The van der Waals surface area contributed by atoms with Gasteiger partial charge in [0.25, 0.3) is 5.91 Å². The van der Waals surface area contributed by atoms with Crippen LogP contribution in [0.25, 0.3) is 0 Å². The van der Waals surface area contributed by atoms with Crippen LogP contribution in [0.15, 0.2) is 29.2 Å². The lowest BCUT2D eigenvalue weighted by Crippen LogP contribution is -2.29. The summed E-state index contributed by atoms with van der Waals surface area (Å²) in [7, 11) is -3.32. The van der Waals surface area contributed by atoms with E-state index in [-0.39, 0.29) is 23.3 Å². The maximum Gasteiger partial charge on any atom is 0.251 e. The maximum atomic E-state index is 12.1. The van der Waals surface area contributed by atoms with Gasteiger partial charge in [0.1, 0.15) is 0 Å². The molecule has 0 fully saturated rings. The summed E-state index contributed by atoms with van der Waals surface area (Å²) in [6.45, 7) is 2.64. The quantitative estimate of drug-likeness (QED) is 0.764. The summed E-state index contributed by atoms with van der Waals surface area (Å²) in [6.07, 6.45) is 3.69. The highest BCUT2D eigenvalue weighted by Gasteiger charge is 2.13. The van der Waals surface area contributed by atoms with E-state index in [0.29, 0.717) is 18.5 Å². The van der Waals surface area contributed by atoms with Gasteiger partial charge >= 0.3 is 0 Å². The molecule has 0 aliphatic carbocycles. The zero-order valence-electron chi connectivity index (χ0n) is 12.5. The summed E-state index contributed by atoms with van der Waals surface area (Å²) in [5.41, 5.74) is 0.331. The summed E-state index contributed by atoms with van der Waals surface area (Å²) < 4.78 is 23.0. The Labute approximate surface area is 126 Å². The van der Waals surface area contributed by atoms with Crippen LogP contribution >= 0.6 is 0 Å². The molecule has 1 atom stereocenters. The Morgan fingerprint density at radius 1 is 1.33 bits per heavy atom. The zero-order chi connectivity index (χ0) is 15.9. The second-order valence-corrected chi connectivity index (χ2v) is 7.19. The third kappa shape index (κ3) is 5.85. The van der Waals surface area contributed by atoms with E-state index >= 15 is 0 Å². The van der Waals surface area contributed by atoms with Gasteiger partial charge in [-0.05, 0) is 37.0 Å². The Balaban J connectivity index is 2.71. The first-order valence-electron chi connectivity index (χ1n) is 7.07. The molecule has 0 heterocycles. The summed E-state index contributed by atoms with van der Waals surface area (Å²) in [6, 6.07) is 6.00. The minimum Gasteiger partial charge on any atom is -0.396 e. The number of sulfone groups is 1. The first-order chi connectivity index (χ1) is 9.88. The van der Waals surface area contributed by atoms with E-state index in [0.717, 1.165) is 19.1 Å². The number of nitrogens with one attached hydrogen (secondary N) is 1. The number of hydrogen-bond acceptors (Lipinski definition) is 4. The van der Waals surface area contributed by atoms with Gasteiger partial charge in [-0.1, -0.05) is 19.4 Å². The van der Waals surface area contributed by atoms with Crippen molar-refractivity contribution in [1.29, 1.82) is 0 Å². The molecule has 0 aliphatic rings. The molecule has 0 saturated heterocycles. The molecule has 118 valence electrons. The van der Waals surface area contributed by atoms with Crippen molar-refractivity contribution < 1.29 is 18.3 Å². The standard InChI is InChI=1S/C15H23NO4S/c1-3-5-12(8-9-17)11-16-15(18)13-6-4-7-14(10-13)21(2,19)20/h4,6-7,10,12,17H,3,5,8-9,11H2,1-2H3,(H,16,18). The number of rotatable bonds is 8. The zero-order valence-corrected chi connectivity index (χ0v) is 13.3. The summed E-state index contributed by atoms with van der Waals surface area (Å²) in [5, 5.41) is 11.8. The molecule has 1 rings (SSSR count). The van der Waals surface area contributed by atoms with Crippen LogP contribution in [0.3, 0.4) is 0 Å². The molecule has 1 aromatic rings. The predicted molar refractivity (Wildman–Crippen MR) is 82.0 cm³/mol. The minimum absolute atomic E-state index is 0.101. The number of hydrogen-bond donors (Lipinski definition) is 2. The van der Waals surface area contributed by atoms with Crippen LogP contribution in [0.5, 0.6) is 0 Å². The van der Waals surface area contributed by atoms with E-state index in [4.69, 9.17) is 5.11 Å². The molecule has 1 aromatic carbocycles. The Morgan fingerprint density at radius 3 is 2.62 bits per heavy atom. The summed E-state index contributed by atoms with van der Waals surface area (Å²) >= 11 is 0. The first-order valence-corrected chi connectivity index (χ1v) is 8.96. The second-order valence-electron chi connectivity index (χ2n) is 5.18. The van der Waals surface area contributed by atoms with Crippen molar-refractivity contribution in [1.82, 2.24) is 5.32 Å². The van der Waals surface area contributed by atoms with Crippen molar-refractivity contribution in [3.63, 3.8) is 0 Å². The number of benzene rings is 1. The monoisotopic (exact) mass is 313 g/mol. The van der Waals surface area contributed by atoms with E-state index in [2.05, 4.69) is 12.2 Å². The third-order valence-corrected chi connectivity index (χ3v) is 4.42. The fourth-order valence-electron chi connectivity index (χ4n) is 2.15. The molecule has 6 heteroatoms. The maximum absolute atomic E-state index is 12.1. The normalized spacial score (nSPS) is 12.9. The fourth-order valence-corrected chi connectivity index (χ4v) is 2.81. The highest BCUT2D eigenvalue weighted by atomic mass is 32.2. The number of carbonyl (C=O) groups is 1. The lowest BCUT2D eigenvalue weighted by molar-refractivity contribution is 0.0942. The van der Waals surface area contributed by atoms with Crippen LogP contribution in [0.1, 0.15) is 36.5 Å². The fraction of sp³-hybridized carbons (Fsp3) is 0.533. The number of amides is 1. The van der Waals surface area contributed by atoms with Crippen molar-refractivity contribution in [3.8, 4) is 0 Å². The molecule has 0 radical (unpaired) electrons. The lowest BCUT2D eigenvalue weighted by atomic mass is 10.00. The smallest absolute Gasteiger partial charge is 0.251 e. The van der Waals surface area contributed by atoms with Gasteiger partial charge in [0.15, 0.2) is 9.84 Å². The van der Waals surface area contributed by atoms with E-state index in [1.54, 1.807) is 12.1 Å². The van der Waals surface area contributed by atoms with E-state index in [9.17, 15) is 13.2 Å². The second kappa shape index (κ2) is 8.14. The average Bonchev–Trinajstić information content (AvgIpc) is 2.44. The van der Waals surface area contributed by atoms with Gasteiger partial charge in [-0.2, -0.15) is 0 Å². The Morgan fingerprint density at radius 2 is 2.05 bits per heavy atom. The molecule has 0 aromatic heterocycles. The molecule has 1 amide bonds. The van der Waals surface area contributed by atoms with Crippen LogP contribution in [-0.2, 0) is 9.84 Å². The van der Waals surface area contributed by atoms with Gasteiger partial charge in [-0.15, -0.1) is 0 Å². The Hall–Kier alpha value is -1.40. The van der Waals surface area contributed by atoms with Gasteiger partial charge in [0.2, 0.25) is 0 Å². The lowest BCUT2D eigenvalue weighted by Gasteiger charge is -2.15. The van der Waals surface area contributed by atoms with Crippen molar-refractivity contribution in [2.24, 2.45) is 5.92 Å². The summed E-state index contributed by atoms with van der Waals surface area (Å²) in [5.74, 6) is -0.0541. The largest absolute Gasteiger partial charge is 0.396 e. The van der Waals surface area contributed by atoms with Crippen LogP contribution in [0, 0.1) is 5.92 Å². The molecular formula is C15H23NO4S. The van der Waals surface area contributed by atoms with E-state index < -0.39 is 9.84 Å². The molecule has 5 nitrogen and oxygen atoms in total. The summed E-state index contributed by atoms with van der Waals surface area (Å²) in [4.78, 5) is 12.2. The van der Waals surface area contributed by atoms with E-state index in [1.165, 1.54) is 12.1 Å². The van der Waals surface area contributed by atoms with Gasteiger partial charge < -0.3 is 10.4 Å². The molecule has 21 heavy (non-hydrogen) atoms. The van der Waals surface area contributed by atoms with Crippen molar-refractivity contribution in [3.05, 3.63) is 29.8 Å². The first kappa shape index (κ1) is 17.7. The molecule has 0 bridgehead atoms. The van der Waals surface area contributed by atoms with Gasteiger partial charge in [0.05, 0.1) is 4.90 Å². The Bertz CT molecular complexity index is 563. The highest BCUT2D eigenvalue weighted by molar-refractivity contribution is 7.90. The molecule has 2 N–H and O–H groups in total. The Kier molecular flexibility index (Phi) is 6.84. The van der Waals surface area contributed by atoms with Crippen molar-refractivity contribution in [2.45, 2.75) is 31.1 Å². The van der Waals surface area contributed by atoms with Crippen molar-refractivity contribution in [2.75, 3.05) is 19.4 Å². The van der Waals surface area contributed by atoms with Crippen LogP contribution in [0.4, 0.5) is 0 Å². The highest BCUT2D eigenvalue weighted by Crippen LogP contribution is 2.13. The van der Waals surface area contributed by atoms with Crippen LogP contribution in [-0.4, -0.2) is 38.8 Å². The van der Waals surface area contributed by atoms with E-state index in [1.807, 2.05) is 0 Å². The molecule has 0 spiro atoms. The molecular weight excluding hydrogens is 290 g/mol. The third-order valence-electron chi connectivity index (χ3n) is 3.31. The van der Waals surface area contributed by atoms with Gasteiger partial charge in [0, 0.05) is 25.0 Å².